The molecule has 0 aliphatic carbocycles. The molecule has 74 heavy (non-hydrogen) atoms. The van der Waals surface area contributed by atoms with E-state index >= 15 is 8.96 Å². The maximum atomic E-state index is 15.3. The Morgan fingerprint density at radius 3 is 0.689 bits per heavy atom. The molecule has 50 heteroatoms. The molecule has 0 aromatic carbocycles. The number of likely N-dealkylation sites (N-methyl/N-ethyl adjacent to an activating group) is 2. The van der Waals surface area contributed by atoms with Crippen LogP contribution < -0.4 is 0 Å². The van der Waals surface area contributed by atoms with E-state index in [1.54, 1.807) is 0 Å². The normalized spacial score (nSPS) is 18.6. The van der Waals surface area contributed by atoms with E-state index < -0.39 is 169 Å². The van der Waals surface area contributed by atoms with E-state index in [2.05, 4.69) is 9.05 Å². The summed E-state index contributed by atoms with van der Waals surface area (Å²) in [6, 6.07) is 0. The van der Waals surface area contributed by atoms with Crippen molar-refractivity contribution < 1.29 is 202 Å². The van der Waals surface area contributed by atoms with E-state index in [1.807, 2.05) is 0 Å². The Balaban J connectivity index is 0. The van der Waals surface area contributed by atoms with Crippen LogP contribution in [-0.2, 0) is 33.7 Å². The molecule has 0 amide bonds. The van der Waals surface area contributed by atoms with Gasteiger partial charge >= 0.3 is 141 Å². The van der Waals surface area contributed by atoms with E-state index in [-0.39, 0.29) is 32.7 Å². The van der Waals surface area contributed by atoms with Crippen molar-refractivity contribution >= 4 is 46.7 Å². The molecule has 0 radical (unpaired) electrons. The average molecular weight is 1250 g/mol. The molecule has 442 valence electrons. The number of phosphoric acid groups is 1. The summed E-state index contributed by atoms with van der Waals surface area (Å²) < 4.78 is 551. The van der Waals surface area contributed by atoms with Gasteiger partial charge in [-0.05, 0) is 22.1 Å². The first kappa shape index (κ1) is 74.1. The molecule has 2 atom stereocenters. The summed E-state index contributed by atoms with van der Waals surface area (Å²) in [5.41, 5.74) is 0. The molecule has 2 unspecified atom stereocenters. The predicted octanol–water partition coefficient (Wildman–Crippen LogP) is 10.5. The van der Waals surface area contributed by atoms with E-state index in [4.69, 9.17) is 0 Å². The van der Waals surface area contributed by atoms with Crippen molar-refractivity contribution in [3.8, 4) is 0 Å². The first-order valence-corrected chi connectivity index (χ1v) is 21.1. The number of quaternary nitrogens is 2. The van der Waals surface area contributed by atoms with Gasteiger partial charge in [0.15, 0.2) is 13.1 Å². The second-order valence-electron chi connectivity index (χ2n) is 13.7. The monoisotopic (exact) mass is 1250 g/mol. The molecule has 10 nitrogen and oxygen atoms in total. The van der Waals surface area contributed by atoms with Gasteiger partial charge in [0.05, 0.1) is 0 Å². The van der Waals surface area contributed by atoms with Gasteiger partial charge in [0.25, 0.3) is 0 Å². The van der Waals surface area contributed by atoms with Crippen molar-refractivity contribution in [3.05, 3.63) is 0 Å². The number of halogens is 36. The SMILES string of the molecule is CC[N+](F)(CCOP(=O)(O)OCC[N+](F)(CC)S(=O)(=O)C(F)(F)C(F)(F)C(F)(F)C(F)(F)C(F)(F)C(F)(F)C(F)(F)C(F)(F)F)S(=O)(=O)C(F)(F)C(F)(F)C(F)(F)C(F)(F)C(F)(F)C(F)(F)C(F)(F)C(F)(F)F.[LiH]. The van der Waals surface area contributed by atoms with Crippen LogP contribution in [0.1, 0.15) is 13.8 Å². The zero-order valence-electron chi connectivity index (χ0n) is 33.3. The molecule has 0 aromatic heterocycles. The maximum absolute atomic E-state index is 15.3. The summed E-state index contributed by atoms with van der Waals surface area (Å²) in [7, 11) is -24.4. The summed E-state index contributed by atoms with van der Waals surface area (Å²) in [6.07, 6.45) is -16.4. The summed E-state index contributed by atoms with van der Waals surface area (Å²) in [6.45, 7) is -17.6. The van der Waals surface area contributed by atoms with Crippen molar-refractivity contribution in [2.24, 2.45) is 0 Å². The van der Waals surface area contributed by atoms with Gasteiger partial charge < -0.3 is 4.89 Å². The zero-order valence-corrected chi connectivity index (χ0v) is 35.8. The second kappa shape index (κ2) is 20.0. The summed E-state index contributed by atoms with van der Waals surface area (Å²) in [4.78, 5) is 9.47. The zero-order chi connectivity index (χ0) is 60.2. The van der Waals surface area contributed by atoms with Gasteiger partial charge in [-0.25, -0.2) is 4.57 Å². The topological polar surface area (TPSA) is 124 Å². The van der Waals surface area contributed by atoms with Crippen LogP contribution >= 0.6 is 7.82 Å². The van der Waals surface area contributed by atoms with Gasteiger partial charge in [-0.2, -0.15) is 166 Å². The minimum absolute atomic E-state index is 0. The molecule has 0 saturated carbocycles. The molecular weight excluding hydrogens is 1230 g/mol. The number of nitrogens with zero attached hydrogens (tertiary/aromatic N) is 2. The first-order valence-electron chi connectivity index (χ1n) is 16.7. The Labute approximate surface area is 395 Å². The fourth-order valence-electron chi connectivity index (χ4n) is 4.55. The third-order valence-corrected chi connectivity index (χ3v) is 14.6. The number of alkyl halides is 34. The van der Waals surface area contributed by atoms with Gasteiger partial charge in [-0.3, -0.25) is 9.05 Å². The van der Waals surface area contributed by atoms with Crippen LogP contribution in [-0.4, -0.2) is 182 Å². The quantitative estimate of drug-likeness (QED) is 0.0393. The number of hydrogen-bond acceptors (Lipinski definition) is 7. The minimum atomic E-state index is -9.42. The van der Waals surface area contributed by atoms with Crippen molar-refractivity contribution in [2.45, 2.75) is 108 Å². The molecule has 0 bridgehead atoms. The standard InChI is InChI=1S/C24H18F36N2O8PS2.Li.H/c1-3-61(59,72(65,66)23(55,56)19(45,46)15(37,38)11(29,30)9(25,26)13(33,34)17(41,42)21(49,50)51)5-7-69-71(63,64)70-8-6-62(60,4-2)73(67,68)24(57,58)20(47,48)16(39,40)12(31,32)10(27,28)14(35,36)18(43,44)22(52,53)54;;/h3-8H2,1-2H3;;/q+1;;/p+1. The molecule has 0 aliphatic rings. The Kier molecular flexibility index (Phi) is 20.0. The van der Waals surface area contributed by atoms with E-state index in [9.17, 15) is 176 Å². The second-order valence-corrected chi connectivity index (χ2v) is 19.4. The Hall–Kier alpha value is -1.99. The van der Waals surface area contributed by atoms with Crippen LogP contribution in [0.25, 0.3) is 0 Å². The van der Waals surface area contributed by atoms with Crippen LogP contribution in [0.2, 0.25) is 0 Å². The van der Waals surface area contributed by atoms with Gasteiger partial charge in [0, 0.05) is 8.96 Å². The summed E-state index contributed by atoms with van der Waals surface area (Å²) >= 11 is 0. The van der Waals surface area contributed by atoms with Crippen molar-refractivity contribution in [1.29, 1.82) is 0 Å². The molecule has 0 rings (SSSR count). The number of rotatable bonds is 26. The third-order valence-electron chi connectivity index (χ3n) is 9.20. The van der Waals surface area contributed by atoms with E-state index in [0.717, 1.165) is 0 Å². The van der Waals surface area contributed by atoms with Gasteiger partial charge in [-0.15, -0.1) is 0 Å². The predicted molar refractivity (Wildman–Crippen MR) is 162 cm³/mol. The van der Waals surface area contributed by atoms with Gasteiger partial charge in [0.2, 0.25) is 0 Å². The van der Waals surface area contributed by atoms with E-state index in [0.29, 0.717) is 0 Å². The Morgan fingerprint density at radius 2 is 0.527 bits per heavy atom. The van der Waals surface area contributed by atoms with Crippen LogP contribution in [0.15, 0.2) is 0 Å². The van der Waals surface area contributed by atoms with Crippen molar-refractivity contribution in [3.63, 3.8) is 0 Å². The molecule has 0 aliphatic heterocycles. The Morgan fingerprint density at radius 1 is 0.365 bits per heavy atom. The molecule has 0 fully saturated rings. The Bertz CT molecular complexity index is 2120. The number of sulfonamides is 2. The van der Waals surface area contributed by atoms with Crippen molar-refractivity contribution in [2.75, 3.05) is 39.4 Å². The molecule has 0 heterocycles. The van der Waals surface area contributed by atoms with Gasteiger partial charge in [-0.1, -0.05) is 0 Å². The molecule has 0 saturated heterocycles. The molecule has 0 spiro atoms. The van der Waals surface area contributed by atoms with Crippen LogP contribution in [0.3, 0.4) is 0 Å². The molecule has 1 N–H and O–H groups in total. The number of phosphoric ester groups is 1. The van der Waals surface area contributed by atoms with Crippen LogP contribution in [0, 0.1) is 0 Å². The number of hydrogen-bond donors (Lipinski definition) is 1. The fourth-order valence-corrected chi connectivity index (χ4v) is 8.29. The van der Waals surface area contributed by atoms with Gasteiger partial charge in [0.1, 0.15) is 26.3 Å². The molecular formula is C24H20F36LiN2O8PS2+2. The first-order chi connectivity index (χ1) is 31.0. The fraction of sp³-hybridized carbons (Fsp3) is 1.00. The average Bonchev–Trinajstić information content (AvgIpc) is 3.18. The molecule has 0 aromatic rings. The van der Waals surface area contributed by atoms with Crippen molar-refractivity contribution in [1.82, 2.24) is 0 Å². The summed E-state index contributed by atoms with van der Waals surface area (Å²) in [5.74, 6) is -110. The van der Waals surface area contributed by atoms with E-state index in [1.165, 1.54) is 0 Å². The van der Waals surface area contributed by atoms with Crippen LogP contribution in [0.4, 0.5) is 158 Å². The van der Waals surface area contributed by atoms with Crippen LogP contribution in [0.5, 0.6) is 0 Å². The third kappa shape index (κ3) is 10.1. The summed E-state index contributed by atoms with van der Waals surface area (Å²) in [5, 5.41) is -17.2.